The van der Waals surface area contributed by atoms with Gasteiger partial charge in [-0.25, -0.2) is 9.97 Å². The van der Waals surface area contributed by atoms with Crippen LogP contribution >= 0.6 is 0 Å². The van der Waals surface area contributed by atoms with Crippen LogP contribution in [0, 0.1) is 5.41 Å². The zero-order chi connectivity index (χ0) is 20.9. The number of nitrogens with one attached hydrogen (secondary N) is 2. The number of piperidine rings is 1. The average Bonchev–Trinajstić information content (AvgIpc) is 3.32. The summed E-state index contributed by atoms with van der Waals surface area (Å²) in [5, 5.41) is 27.4. The van der Waals surface area contributed by atoms with Crippen LogP contribution < -0.4 is 10.6 Å². The molecule has 3 aromatic rings. The first-order valence-electron chi connectivity index (χ1n) is 10.7. The molecule has 1 saturated carbocycles. The molecule has 7 heteroatoms. The van der Waals surface area contributed by atoms with Crippen molar-refractivity contribution < 1.29 is 10.2 Å². The van der Waals surface area contributed by atoms with Gasteiger partial charge in [0.15, 0.2) is 0 Å². The zero-order valence-corrected chi connectivity index (χ0v) is 17.5. The first kappa shape index (κ1) is 19.5. The number of hydrogen-bond acceptors (Lipinski definition) is 6. The molecule has 2 aliphatic rings. The van der Waals surface area contributed by atoms with Crippen molar-refractivity contribution in [3.63, 3.8) is 0 Å². The predicted molar refractivity (Wildman–Crippen MR) is 116 cm³/mol. The van der Waals surface area contributed by atoms with E-state index in [4.69, 9.17) is 4.98 Å². The Morgan fingerprint density at radius 3 is 2.90 bits per heavy atom. The smallest absolute Gasteiger partial charge is 0.137 e. The third-order valence-corrected chi connectivity index (χ3v) is 6.45. The molecule has 0 bridgehead atoms. The van der Waals surface area contributed by atoms with Crippen LogP contribution in [0.1, 0.15) is 44.2 Å². The summed E-state index contributed by atoms with van der Waals surface area (Å²) in [6.07, 6.45) is 7.49. The maximum absolute atomic E-state index is 10.6. The molecule has 7 nitrogen and oxygen atoms in total. The number of anilines is 1. The highest BCUT2D eigenvalue weighted by Crippen LogP contribution is 2.50. The summed E-state index contributed by atoms with van der Waals surface area (Å²) in [6.45, 7) is 5.39. The summed E-state index contributed by atoms with van der Waals surface area (Å²) in [5.41, 5.74) is 3.17. The Balaban J connectivity index is 1.47. The van der Waals surface area contributed by atoms with Crippen LogP contribution in [-0.4, -0.2) is 43.7 Å². The van der Waals surface area contributed by atoms with Gasteiger partial charge in [0.25, 0.3) is 0 Å². The number of aliphatic hydroxyl groups is 2. The molecule has 1 spiro atoms. The molecule has 4 N–H and O–H groups in total. The lowest BCUT2D eigenvalue weighted by molar-refractivity contribution is 0.0755. The van der Waals surface area contributed by atoms with Crippen molar-refractivity contribution in [3.8, 4) is 11.4 Å². The van der Waals surface area contributed by atoms with Gasteiger partial charge in [0.1, 0.15) is 11.5 Å². The number of pyridine rings is 2. The molecule has 1 saturated heterocycles. The fourth-order valence-corrected chi connectivity index (χ4v) is 4.64. The van der Waals surface area contributed by atoms with E-state index < -0.39 is 5.60 Å². The molecule has 0 radical (unpaired) electrons. The van der Waals surface area contributed by atoms with E-state index in [0.29, 0.717) is 22.6 Å². The van der Waals surface area contributed by atoms with Crippen LogP contribution in [0.25, 0.3) is 17.0 Å². The number of aliphatic hydroxyl groups excluding tert-OH is 1. The molecule has 2 fully saturated rings. The molecule has 1 aliphatic carbocycles. The highest BCUT2D eigenvalue weighted by atomic mass is 16.3. The van der Waals surface area contributed by atoms with Crippen molar-refractivity contribution in [2.45, 2.75) is 51.4 Å². The second kappa shape index (κ2) is 7.04. The maximum Gasteiger partial charge on any atom is 0.137 e. The largest absolute Gasteiger partial charge is 0.392 e. The lowest BCUT2D eigenvalue weighted by Gasteiger charge is -2.31. The zero-order valence-electron chi connectivity index (χ0n) is 17.5. The molecule has 5 rings (SSSR count). The monoisotopic (exact) mass is 407 g/mol. The number of hydrogen-bond donors (Lipinski definition) is 4. The molecule has 4 heterocycles. The van der Waals surface area contributed by atoms with Gasteiger partial charge in [-0.05, 0) is 62.3 Å². The van der Waals surface area contributed by atoms with Crippen molar-refractivity contribution in [1.29, 1.82) is 0 Å². The van der Waals surface area contributed by atoms with Crippen LogP contribution in [-0.2, 0) is 12.2 Å². The number of fused-ring (bicyclic) bond motifs is 1. The van der Waals surface area contributed by atoms with Crippen molar-refractivity contribution in [2.24, 2.45) is 5.41 Å². The summed E-state index contributed by atoms with van der Waals surface area (Å²) >= 11 is 0. The Labute approximate surface area is 176 Å². The van der Waals surface area contributed by atoms with Crippen LogP contribution in [0.3, 0.4) is 0 Å². The van der Waals surface area contributed by atoms with Gasteiger partial charge in [-0.1, -0.05) is 6.07 Å². The van der Waals surface area contributed by atoms with E-state index >= 15 is 0 Å². The Kier molecular flexibility index (Phi) is 4.57. The van der Waals surface area contributed by atoms with E-state index in [0.717, 1.165) is 35.9 Å². The van der Waals surface area contributed by atoms with E-state index in [-0.39, 0.29) is 6.61 Å². The van der Waals surface area contributed by atoms with Crippen molar-refractivity contribution in [2.75, 3.05) is 18.4 Å². The van der Waals surface area contributed by atoms with Gasteiger partial charge in [0, 0.05) is 30.9 Å². The summed E-state index contributed by atoms with van der Waals surface area (Å²) < 4.78 is 1.93. The molecule has 0 amide bonds. The van der Waals surface area contributed by atoms with E-state index in [9.17, 15) is 10.2 Å². The lowest BCUT2D eigenvalue weighted by atomic mass is 9.93. The minimum Gasteiger partial charge on any atom is -0.392 e. The molecule has 1 aliphatic heterocycles. The van der Waals surface area contributed by atoms with Gasteiger partial charge in [-0.2, -0.15) is 0 Å². The van der Waals surface area contributed by atoms with E-state index in [2.05, 4.69) is 15.6 Å². The van der Waals surface area contributed by atoms with Gasteiger partial charge < -0.3 is 20.8 Å². The number of imidazole rings is 1. The highest BCUT2D eigenvalue weighted by molar-refractivity contribution is 5.63. The van der Waals surface area contributed by atoms with E-state index in [1.165, 1.54) is 19.3 Å². The molecule has 1 unspecified atom stereocenters. The molecule has 1 atom stereocenters. The summed E-state index contributed by atoms with van der Waals surface area (Å²) in [5.74, 6) is 0.863. The quantitative estimate of drug-likeness (QED) is 0.520. The predicted octanol–water partition coefficient (Wildman–Crippen LogP) is 2.67. The van der Waals surface area contributed by atoms with Gasteiger partial charge in [0.05, 0.1) is 29.8 Å². The van der Waals surface area contributed by atoms with Crippen LogP contribution in [0.5, 0.6) is 0 Å². The van der Waals surface area contributed by atoms with Crippen LogP contribution in [0.15, 0.2) is 36.7 Å². The van der Waals surface area contributed by atoms with Crippen molar-refractivity contribution in [1.82, 2.24) is 19.7 Å². The third kappa shape index (κ3) is 3.57. The standard InChI is InChI=1S/C23H29N5O2/c1-22(2,30)17-12-28-19(11-25-21(28)8-15(17)13-29)18-4-3-5-20(27-18)26-16-9-23(6-7-23)14-24-10-16/h3-5,8,11-12,16,24,29-30H,6-7,9-10,13-14H2,1-2H3,(H,26,27). The molecule has 158 valence electrons. The highest BCUT2D eigenvalue weighted by Gasteiger charge is 2.45. The Morgan fingerprint density at radius 2 is 2.17 bits per heavy atom. The Bertz CT molecular complexity index is 1080. The second-order valence-corrected chi connectivity index (χ2v) is 9.39. The van der Waals surface area contributed by atoms with Crippen LogP contribution in [0.4, 0.5) is 5.82 Å². The minimum atomic E-state index is -1.07. The van der Waals surface area contributed by atoms with Gasteiger partial charge in [-0.15, -0.1) is 0 Å². The molecular formula is C23H29N5O2. The third-order valence-electron chi connectivity index (χ3n) is 6.45. The topological polar surface area (TPSA) is 94.7 Å². The second-order valence-electron chi connectivity index (χ2n) is 9.39. The van der Waals surface area contributed by atoms with Gasteiger partial charge in [-0.3, -0.25) is 4.40 Å². The fourth-order valence-electron chi connectivity index (χ4n) is 4.64. The molecular weight excluding hydrogens is 378 g/mol. The van der Waals surface area contributed by atoms with Crippen molar-refractivity contribution >= 4 is 11.5 Å². The minimum absolute atomic E-state index is 0.146. The Morgan fingerprint density at radius 1 is 1.33 bits per heavy atom. The Hall–Kier alpha value is -2.48. The number of nitrogens with zero attached hydrogens (tertiary/aromatic N) is 3. The lowest BCUT2D eigenvalue weighted by Crippen LogP contribution is -2.44. The van der Waals surface area contributed by atoms with Gasteiger partial charge >= 0.3 is 0 Å². The molecule has 30 heavy (non-hydrogen) atoms. The van der Waals surface area contributed by atoms with E-state index in [1.54, 1.807) is 20.0 Å². The number of aromatic nitrogens is 3. The molecule has 3 aromatic heterocycles. The normalized spacial score (nSPS) is 20.6. The van der Waals surface area contributed by atoms with Crippen molar-refractivity contribution in [3.05, 3.63) is 47.8 Å². The summed E-state index contributed by atoms with van der Waals surface area (Å²) in [7, 11) is 0. The van der Waals surface area contributed by atoms with Gasteiger partial charge in [0.2, 0.25) is 0 Å². The SMILES string of the molecule is CC(C)(O)c1cn2c(-c3cccc(NC4CNCC5(CC5)C4)n3)cnc2cc1CO. The first-order chi connectivity index (χ1) is 14.4. The average molecular weight is 408 g/mol. The molecule has 0 aromatic carbocycles. The fraction of sp³-hybridized carbons (Fsp3) is 0.478. The van der Waals surface area contributed by atoms with Crippen LogP contribution in [0.2, 0.25) is 0 Å². The first-order valence-corrected chi connectivity index (χ1v) is 10.7. The summed E-state index contributed by atoms with van der Waals surface area (Å²) in [6, 6.07) is 8.20. The van der Waals surface area contributed by atoms with E-state index in [1.807, 2.05) is 34.9 Å². The maximum atomic E-state index is 10.6. The number of rotatable bonds is 5. The summed E-state index contributed by atoms with van der Waals surface area (Å²) in [4.78, 5) is 9.35.